The van der Waals surface area contributed by atoms with Crippen LogP contribution < -0.4 is 0 Å². The van der Waals surface area contributed by atoms with Crippen LogP contribution in [0, 0.1) is 0 Å². The largest absolute Gasteiger partial charge is 0.385 e. The summed E-state index contributed by atoms with van der Waals surface area (Å²) >= 11 is 6.29. The highest BCUT2D eigenvalue weighted by molar-refractivity contribution is 6.31. The summed E-state index contributed by atoms with van der Waals surface area (Å²) in [6.07, 6.45) is 1.07. The molecule has 3 fully saturated rings. The van der Waals surface area contributed by atoms with E-state index in [2.05, 4.69) is 19.8 Å². The molecule has 1 aromatic heterocycles. The fraction of sp³-hybridized carbons (Fsp3) is 0.786. The predicted octanol–water partition coefficient (Wildman–Crippen LogP) is 0.131. The summed E-state index contributed by atoms with van der Waals surface area (Å²) < 4.78 is 1.85. The van der Waals surface area contributed by atoms with Gasteiger partial charge in [0.1, 0.15) is 6.10 Å². The summed E-state index contributed by atoms with van der Waals surface area (Å²) in [5, 5.41) is 15.8. The van der Waals surface area contributed by atoms with Gasteiger partial charge < -0.3 is 10.0 Å². The quantitative estimate of drug-likeness (QED) is 0.837. The van der Waals surface area contributed by atoms with Crippen molar-refractivity contribution in [2.75, 3.05) is 53.4 Å². The topological polar surface area (TPSA) is 47.8 Å². The molecule has 0 aliphatic carbocycles. The molecule has 0 amide bonds. The molecule has 0 spiro atoms. The third-order valence-corrected chi connectivity index (χ3v) is 4.85. The number of rotatable bonds is 5. The predicted molar refractivity (Wildman–Crippen MR) is 82.6 cm³/mol. The smallest absolute Gasteiger partial charge is 0.114 e. The minimum absolute atomic E-state index is 0.125. The number of hydrogen-bond donors (Lipinski definition) is 1. The van der Waals surface area contributed by atoms with Gasteiger partial charge in [0.25, 0.3) is 0 Å². The van der Waals surface area contributed by atoms with E-state index < -0.39 is 6.10 Å². The summed E-state index contributed by atoms with van der Waals surface area (Å²) in [6.45, 7) is 6.81. The molecule has 0 radical (unpaired) electrons. The molecule has 2 bridgehead atoms. The van der Waals surface area contributed by atoms with Crippen LogP contribution in [0.4, 0.5) is 0 Å². The minimum Gasteiger partial charge on any atom is -0.385 e. The normalized spacial score (nSPS) is 30.0. The second kappa shape index (κ2) is 6.22. The Morgan fingerprint density at radius 2 is 2.10 bits per heavy atom. The van der Waals surface area contributed by atoms with Crippen molar-refractivity contribution in [3.8, 4) is 0 Å². The van der Waals surface area contributed by atoms with Gasteiger partial charge in [-0.05, 0) is 14.1 Å². The SMILES string of the molecule is CN(C)CCn1ncc(Cl)c1C(O)C1CN2CCN1CC2. The standard InChI is InChI=1S/C14H24ClN5O/c1-17(2)3-8-20-13(11(15)9-16-20)14(21)12-10-18-4-6-19(12)7-5-18/h9,12,14,21H,3-8,10H2,1-2H3. The van der Waals surface area contributed by atoms with E-state index in [1.807, 2.05) is 18.8 Å². The van der Waals surface area contributed by atoms with Crippen LogP contribution in [0.5, 0.6) is 0 Å². The molecule has 6 nitrogen and oxygen atoms in total. The molecule has 3 aliphatic rings. The summed E-state index contributed by atoms with van der Waals surface area (Å²) in [6, 6.07) is 0.125. The molecule has 21 heavy (non-hydrogen) atoms. The maximum Gasteiger partial charge on any atom is 0.114 e. The van der Waals surface area contributed by atoms with Gasteiger partial charge in [-0.15, -0.1) is 0 Å². The van der Waals surface area contributed by atoms with Gasteiger partial charge in [-0.25, -0.2) is 0 Å². The van der Waals surface area contributed by atoms with Crippen molar-refractivity contribution in [2.24, 2.45) is 0 Å². The van der Waals surface area contributed by atoms with E-state index in [0.717, 1.165) is 51.5 Å². The highest BCUT2D eigenvalue weighted by Crippen LogP contribution is 2.31. The van der Waals surface area contributed by atoms with E-state index in [4.69, 9.17) is 11.6 Å². The fourth-order valence-corrected chi connectivity index (χ4v) is 3.53. The van der Waals surface area contributed by atoms with Crippen molar-refractivity contribution in [3.63, 3.8) is 0 Å². The van der Waals surface area contributed by atoms with Gasteiger partial charge >= 0.3 is 0 Å². The van der Waals surface area contributed by atoms with E-state index in [9.17, 15) is 5.11 Å². The molecule has 2 atom stereocenters. The average Bonchev–Trinajstić information content (AvgIpc) is 2.86. The van der Waals surface area contributed by atoms with Crippen molar-refractivity contribution in [3.05, 3.63) is 16.9 Å². The lowest BCUT2D eigenvalue weighted by Gasteiger charge is -2.49. The van der Waals surface area contributed by atoms with E-state index in [1.54, 1.807) is 6.20 Å². The number of aliphatic hydroxyl groups excluding tert-OH is 1. The van der Waals surface area contributed by atoms with Gasteiger partial charge in [-0.2, -0.15) is 5.10 Å². The van der Waals surface area contributed by atoms with E-state index in [0.29, 0.717) is 5.02 Å². The van der Waals surface area contributed by atoms with Gasteiger partial charge in [-0.3, -0.25) is 14.5 Å². The molecule has 1 aromatic rings. The molecule has 7 heteroatoms. The summed E-state index contributed by atoms with van der Waals surface area (Å²) in [7, 11) is 4.06. The first-order valence-electron chi connectivity index (χ1n) is 7.56. The lowest BCUT2D eigenvalue weighted by atomic mass is 10.00. The molecule has 0 aromatic carbocycles. The number of aliphatic hydroxyl groups is 1. The number of halogens is 1. The van der Waals surface area contributed by atoms with E-state index in [1.165, 1.54) is 0 Å². The zero-order valence-electron chi connectivity index (χ0n) is 12.7. The number of hydrogen-bond acceptors (Lipinski definition) is 5. The Kier molecular flexibility index (Phi) is 4.51. The molecule has 3 aliphatic heterocycles. The van der Waals surface area contributed by atoms with Crippen LogP contribution in [-0.2, 0) is 6.54 Å². The van der Waals surface area contributed by atoms with Crippen LogP contribution in [0.3, 0.4) is 0 Å². The van der Waals surface area contributed by atoms with Crippen LogP contribution in [-0.4, -0.2) is 89.0 Å². The van der Waals surface area contributed by atoms with Gasteiger partial charge in [0, 0.05) is 39.3 Å². The Balaban J connectivity index is 1.77. The molecule has 4 heterocycles. The second-order valence-corrected chi connectivity index (χ2v) is 6.66. The Hall–Kier alpha value is -0.660. The lowest BCUT2D eigenvalue weighted by Crippen LogP contribution is -2.62. The number of fused-ring (bicyclic) bond motifs is 3. The summed E-state index contributed by atoms with van der Waals surface area (Å²) in [4.78, 5) is 6.90. The number of piperazine rings is 3. The highest BCUT2D eigenvalue weighted by atomic mass is 35.5. The lowest BCUT2D eigenvalue weighted by molar-refractivity contribution is -0.0496. The zero-order chi connectivity index (χ0) is 15.0. The maximum absolute atomic E-state index is 10.9. The van der Waals surface area contributed by atoms with Gasteiger partial charge in [-0.1, -0.05) is 11.6 Å². The third-order valence-electron chi connectivity index (χ3n) is 4.56. The minimum atomic E-state index is -0.578. The average molecular weight is 314 g/mol. The zero-order valence-corrected chi connectivity index (χ0v) is 13.5. The highest BCUT2D eigenvalue weighted by Gasteiger charge is 2.38. The molecular formula is C14H24ClN5O. The van der Waals surface area contributed by atoms with Crippen molar-refractivity contribution in [2.45, 2.75) is 18.7 Å². The van der Waals surface area contributed by atoms with E-state index in [-0.39, 0.29) is 6.04 Å². The van der Waals surface area contributed by atoms with Crippen LogP contribution in [0.15, 0.2) is 6.20 Å². The van der Waals surface area contributed by atoms with Crippen LogP contribution in [0.25, 0.3) is 0 Å². The molecule has 3 saturated heterocycles. The Bertz CT molecular complexity index is 484. The molecule has 0 saturated carbocycles. The van der Waals surface area contributed by atoms with Crippen LogP contribution in [0.1, 0.15) is 11.8 Å². The van der Waals surface area contributed by atoms with Crippen LogP contribution >= 0.6 is 11.6 Å². The molecule has 1 N–H and O–H groups in total. The third kappa shape index (κ3) is 3.10. The summed E-state index contributed by atoms with van der Waals surface area (Å²) in [5.74, 6) is 0. The molecular weight excluding hydrogens is 290 g/mol. The number of likely N-dealkylation sites (N-methyl/N-ethyl adjacent to an activating group) is 1. The Morgan fingerprint density at radius 3 is 2.67 bits per heavy atom. The van der Waals surface area contributed by atoms with Gasteiger partial charge in [0.05, 0.1) is 29.5 Å². The monoisotopic (exact) mass is 313 g/mol. The van der Waals surface area contributed by atoms with Crippen molar-refractivity contribution in [1.29, 1.82) is 0 Å². The van der Waals surface area contributed by atoms with Gasteiger partial charge in [0.15, 0.2) is 0 Å². The first-order chi connectivity index (χ1) is 10.1. The second-order valence-electron chi connectivity index (χ2n) is 6.25. The Morgan fingerprint density at radius 1 is 1.38 bits per heavy atom. The van der Waals surface area contributed by atoms with Crippen LogP contribution in [0.2, 0.25) is 5.02 Å². The van der Waals surface area contributed by atoms with Crippen molar-refractivity contribution < 1.29 is 5.11 Å². The van der Waals surface area contributed by atoms with Gasteiger partial charge in [0.2, 0.25) is 0 Å². The number of nitrogens with zero attached hydrogens (tertiary/aromatic N) is 5. The maximum atomic E-state index is 10.9. The van der Waals surface area contributed by atoms with Crippen molar-refractivity contribution >= 4 is 11.6 Å². The summed E-state index contributed by atoms with van der Waals surface area (Å²) in [5.41, 5.74) is 0.761. The Labute approximate surface area is 130 Å². The first-order valence-corrected chi connectivity index (χ1v) is 7.94. The fourth-order valence-electron chi connectivity index (χ4n) is 3.28. The first kappa shape index (κ1) is 15.2. The van der Waals surface area contributed by atoms with Crippen molar-refractivity contribution in [1.82, 2.24) is 24.5 Å². The molecule has 4 rings (SSSR count). The number of aromatic nitrogens is 2. The van der Waals surface area contributed by atoms with E-state index >= 15 is 0 Å². The molecule has 2 unspecified atom stereocenters. The molecule has 118 valence electrons.